The molecule has 21 heavy (non-hydrogen) atoms. The van der Waals surface area contributed by atoms with E-state index < -0.39 is 5.97 Å². The molecule has 5 heteroatoms. The minimum Gasteiger partial charge on any atom is -0.497 e. The Labute approximate surface area is 123 Å². The molecular weight excluding hydrogens is 268 g/mol. The van der Waals surface area contributed by atoms with Crippen molar-refractivity contribution in [3.05, 3.63) is 53.6 Å². The summed E-state index contributed by atoms with van der Waals surface area (Å²) >= 11 is 0. The van der Waals surface area contributed by atoms with Crippen LogP contribution < -0.4 is 4.74 Å². The molecule has 1 aromatic heterocycles. The fourth-order valence-corrected chi connectivity index (χ4v) is 2.15. The molecule has 0 amide bonds. The number of ether oxygens (including phenoxy) is 1. The van der Waals surface area contributed by atoms with Crippen molar-refractivity contribution in [3.63, 3.8) is 0 Å². The van der Waals surface area contributed by atoms with Crippen LogP contribution in [0.5, 0.6) is 5.75 Å². The third-order valence-electron chi connectivity index (χ3n) is 3.21. The summed E-state index contributed by atoms with van der Waals surface area (Å²) < 4.78 is 7.29. The molecule has 0 aliphatic rings. The zero-order valence-electron chi connectivity index (χ0n) is 12.1. The van der Waals surface area contributed by atoms with Crippen LogP contribution in [0.2, 0.25) is 0 Å². The van der Waals surface area contributed by atoms with Crippen molar-refractivity contribution < 1.29 is 14.6 Å². The van der Waals surface area contributed by atoms with Gasteiger partial charge in [-0.15, -0.1) is 0 Å². The number of aromatic nitrogens is 2. The number of methoxy groups -OCH3 is 1. The van der Waals surface area contributed by atoms with Gasteiger partial charge in [-0.1, -0.05) is 13.0 Å². The molecule has 0 spiro atoms. The predicted molar refractivity (Wildman–Crippen MR) is 80.4 cm³/mol. The minimum absolute atomic E-state index is 0.625. The van der Waals surface area contributed by atoms with Gasteiger partial charge in [-0.05, 0) is 29.3 Å². The standard InChI is InChI=1S/C16H18N2O3/c1-3-15-17-8-9-18(15)11-13-10-14(21-2)6-4-12(13)5-7-16(19)20/h4-10H,3,11H2,1-2H3,(H,19,20). The third kappa shape index (κ3) is 3.72. The molecule has 110 valence electrons. The predicted octanol–water partition coefficient (Wildman–Crippen LogP) is 2.60. The Kier molecular flexibility index (Phi) is 4.77. The zero-order chi connectivity index (χ0) is 15.2. The largest absolute Gasteiger partial charge is 0.497 e. The molecule has 0 bridgehead atoms. The maximum absolute atomic E-state index is 10.7. The van der Waals surface area contributed by atoms with E-state index in [1.165, 1.54) is 0 Å². The number of carboxylic acid groups (broad SMARTS) is 1. The number of carboxylic acids is 1. The molecule has 1 N–H and O–H groups in total. The Bertz CT molecular complexity index is 659. The maximum Gasteiger partial charge on any atom is 0.328 e. The highest BCUT2D eigenvalue weighted by Crippen LogP contribution is 2.20. The van der Waals surface area contributed by atoms with Crippen LogP contribution in [0, 0.1) is 0 Å². The van der Waals surface area contributed by atoms with Gasteiger partial charge in [-0.2, -0.15) is 0 Å². The van der Waals surface area contributed by atoms with E-state index in [4.69, 9.17) is 9.84 Å². The Morgan fingerprint density at radius 3 is 2.95 bits per heavy atom. The van der Waals surface area contributed by atoms with Gasteiger partial charge in [0.05, 0.1) is 7.11 Å². The topological polar surface area (TPSA) is 64.4 Å². The number of carbonyl (C=O) groups is 1. The molecule has 2 aromatic rings. The molecule has 0 aliphatic carbocycles. The highest BCUT2D eigenvalue weighted by molar-refractivity contribution is 5.85. The van der Waals surface area contributed by atoms with Crippen molar-refractivity contribution in [2.75, 3.05) is 7.11 Å². The number of imidazole rings is 1. The number of aryl methyl sites for hydroxylation is 1. The third-order valence-corrected chi connectivity index (χ3v) is 3.21. The lowest BCUT2D eigenvalue weighted by Crippen LogP contribution is -2.05. The van der Waals surface area contributed by atoms with E-state index in [1.54, 1.807) is 19.4 Å². The summed E-state index contributed by atoms with van der Waals surface area (Å²) in [5, 5.41) is 8.78. The number of rotatable bonds is 6. The van der Waals surface area contributed by atoms with Crippen molar-refractivity contribution in [1.82, 2.24) is 9.55 Å². The van der Waals surface area contributed by atoms with Crippen LogP contribution >= 0.6 is 0 Å². The normalized spacial score (nSPS) is 11.0. The molecule has 0 radical (unpaired) electrons. The molecule has 0 saturated carbocycles. The number of nitrogens with zero attached hydrogens (tertiary/aromatic N) is 2. The van der Waals surface area contributed by atoms with Crippen molar-refractivity contribution >= 4 is 12.0 Å². The Balaban J connectivity index is 2.37. The van der Waals surface area contributed by atoms with E-state index in [0.717, 1.165) is 35.2 Å². The first kappa shape index (κ1) is 14.8. The minimum atomic E-state index is -0.964. The van der Waals surface area contributed by atoms with Crippen molar-refractivity contribution in [2.45, 2.75) is 19.9 Å². The molecule has 1 aromatic carbocycles. The summed E-state index contributed by atoms with van der Waals surface area (Å²) in [7, 11) is 1.61. The Morgan fingerprint density at radius 1 is 1.48 bits per heavy atom. The molecule has 0 saturated heterocycles. The van der Waals surface area contributed by atoms with Crippen LogP contribution in [0.3, 0.4) is 0 Å². The Morgan fingerprint density at radius 2 is 2.29 bits per heavy atom. The second-order valence-corrected chi connectivity index (χ2v) is 4.56. The highest BCUT2D eigenvalue weighted by atomic mass is 16.5. The van der Waals surface area contributed by atoms with Gasteiger partial charge in [0.25, 0.3) is 0 Å². The van der Waals surface area contributed by atoms with Crippen LogP contribution in [0.15, 0.2) is 36.7 Å². The second-order valence-electron chi connectivity index (χ2n) is 4.56. The molecule has 1 heterocycles. The summed E-state index contributed by atoms with van der Waals surface area (Å²) in [5.74, 6) is 0.773. The average molecular weight is 286 g/mol. The van der Waals surface area contributed by atoms with Gasteiger partial charge in [0.1, 0.15) is 11.6 Å². The van der Waals surface area contributed by atoms with Gasteiger partial charge >= 0.3 is 5.97 Å². The number of hydrogen-bond donors (Lipinski definition) is 1. The highest BCUT2D eigenvalue weighted by Gasteiger charge is 2.07. The fourth-order valence-electron chi connectivity index (χ4n) is 2.15. The monoisotopic (exact) mass is 286 g/mol. The lowest BCUT2D eigenvalue weighted by molar-refractivity contribution is -0.131. The van der Waals surface area contributed by atoms with Crippen LogP contribution in [-0.4, -0.2) is 27.7 Å². The van der Waals surface area contributed by atoms with Gasteiger partial charge in [-0.25, -0.2) is 9.78 Å². The molecule has 0 atom stereocenters. The molecule has 0 aliphatic heterocycles. The molecule has 2 rings (SSSR count). The van der Waals surface area contributed by atoms with Gasteiger partial charge < -0.3 is 14.4 Å². The van der Waals surface area contributed by atoms with E-state index in [0.29, 0.717) is 6.54 Å². The van der Waals surface area contributed by atoms with Gasteiger partial charge in [0.15, 0.2) is 0 Å². The molecule has 0 fully saturated rings. The maximum atomic E-state index is 10.7. The van der Waals surface area contributed by atoms with Crippen molar-refractivity contribution in [3.8, 4) is 5.75 Å². The average Bonchev–Trinajstić information content (AvgIpc) is 2.92. The van der Waals surface area contributed by atoms with E-state index in [2.05, 4.69) is 11.9 Å². The molecule has 0 unspecified atom stereocenters. The fraction of sp³-hybridized carbons (Fsp3) is 0.250. The Hall–Kier alpha value is -2.56. The smallest absolute Gasteiger partial charge is 0.328 e. The summed E-state index contributed by atoms with van der Waals surface area (Å²) in [6, 6.07) is 5.59. The number of hydrogen-bond acceptors (Lipinski definition) is 3. The first-order valence-corrected chi connectivity index (χ1v) is 6.72. The van der Waals surface area contributed by atoms with E-state index in [9.17, 15) is 4.79 Å². The molecular formula is C16H18N2O3. The second kappa shape index (κ2) is 6.74. The lowest BCUT2D eigenvalue weighted by atomic mass is 10.1. The number of aliphatic carboxylic acids is 1. The quantitative estimate of drug-likeness (QED) is 0.829. The van der Waals surface area contributed by atoms with Crippen LogP contribution in [0.25, 0.3) is 6.08 Å². The number of benzene rings is 1. The van der Waals surface area contributed by atoms with E-state index in [-0.39, 0.29) is 0 Å². The van der Waals surface area contributed by atoms with Gasteiger partial charge in [0.2, 0.25) is 0 Å². The first-order chi connectivity index (χ1) is 10.1. The van der Waals surface area contributed by atoms with Crippen LogP contribution in [0.1, 0.15) is 23.9 Å². The summed E-state index contributed by atoms with van der Waals surface area (Å²) in [4.78, 5) is 15.0. The summed E-state index contributed by atoms with van der Waals surface area (Å²) in [6.45, 7) is 2.68. The lowest BCUT2D eigenvalue weighted by Gasteiger charge is -2.11. The van der Waals surface area contributed by atoms with Crippen molar-refractivity contribution in [2.24, 2.45) is 0 Å². The van der Waals surface area contributed by atoms with E-state index in [1.807, 2.05) is 29.0 Å². The van der Waals surface area contributed by atoms with Crippen molar-refractivity contribution in [1.29, 1.82) is 0 Å². The summed E-state index contributed by atoms with van der Waals surface area (Å²) in [5.41, 5.74) is 1.84. The van der Waals surface area contributed by atoms with Gasteiger partial charge in [-0.3, -0.25) is 0 Å². The van der Waals surface area contributed by atoms with E-state index >= 15 is 0 Å². The molecule has 5 nitrogen and oxygen atoms in total. The summed E-state index contributed by atoms with van der Waals surface area (Å²) in [6.07, 6.45) is 7.27. The first-order valence-electron chi connectivity index (χ1n) is 6.72. The van der Waals surface area contributed by atoms with Gasteiger partial charge in [0, 0.05) is 31.4 Å². The van der Waals surface area contributed by atoms with Crippen LogP contribution in [0.4, 0.5) is 0 Å². The zero-order valence-corrected chi connectivity index (χ0v) is 12.1. The SMILES string of the molecule is CCc1nccn1Cc1cc(OC)ccc1C=CC(=O)O. The van der Waals surface area contributed by atoms with Crippen LogP contribution in [-0.2, 0) is 17.8 Å².